The largest absolute Gasteiger partial charge is 0.453 e. The molecule has 0 N–H and O–H groups in total. The second-order valence-corrected chi connectivity index (χ2v) is 40.4. The highest BCUT2D eigenvalue weighted by molar-refractivity contribution is 7.06. The zero-order chi connectivity index (χ0) is 75.6. The van der Waals surface area contributed by atoms with E-state index in [9.17, 15) is 0 Å². The molecule has 536 valence electrons. The van der Waals surface area contributed by atoms with Gasteiger partial charge in [0.25, 0.3) is 20.1 Å². The Morgan fingerprint density at radius 2 is 0.467 bits per heavy atom. The highest BCUT2D eigenvalue weighted by atomic mass is 16.5. The van der Waals surface area contributed by atoms with Gasteiger partial charge >= 0.3 is 0 Å². The van der Waals surface area contributed by atoms with Gasteiger partial charge in [-0.2, -0.15) is 0 Å². The molecule has 7 aliphatic rings. The van der Waals surface area contributed by atoms with Gasteiger partial charge in [-0.25, -0.2) is 0 Å². The Kier molecular flexibility index (Phi) is 14.6. The molecule has 0 spiro atoms. The number of para-hydroxylation sites is 4. The van der Waals surface area contributed by atoms with E-state index in [2.05, 4.69) is 385 Å². The summed E-state index contributed by atoms with van der Waals surface area (Å²) in [6, 6.07) is 78.0. The molecule has 0 fully saturated rings. The Morgan fingerprint density at radius 1 is 0.206 bits per heavy atom. The number of hydrogen-bond acceptors (Lipinski definition) is 6. The first-order valence-corrected chi connectivity index (χ1v) is 39.4. The van der Waals surface area contributed by atoms with Crippen molar-refractivity contribution in [1.82, 2.24) is 0 Å². The zero-order valence-corrected chi connectivity index (χ0v) is 67.9. The molecule has 9 heteroatoms. The molecule has 7 aliphatic heterocycles. The van der Waals surface area contributed by atoms with Gasteiger partial charge in [0.2, 0.25) is 0 Å². The summed E-state index contributed by atoms with van der Waals surface area (Å²) in [4.78, 5) is 13.5. The van der Waals surface area contributed by atoms with Crippen LogP contribution in [0.25, 0.3) is 0 Å². The summed E-state index contributed by atoms with van der Waals surface area (Å²) in [5.41, 5.74) is 38.9. The Bertz CT molecular complexity index is 5530. The molecule has 0 amide bonds. The van der Waals surface area contributed by atoms with Crippen LogP contribution in [0, 0.1) is 0 Å². The van der Waals surface area contributed by atoms with E-state index in [1.165, 1.54) is 162 Å². The van der Waals surface area contributed by atoms with Gasteiger partial charge in [-0.05, 0) is 234 Å². The lowest BCUT2D eigenvalue weighted by atomic mass is 9.28. The van der Waals surface area contributed by atoms with Crippen LogP contribution in [-0.2, 0) is 43.3 Å². The molecule has 0 saturated carbocycles. The van der Waals surface area contributed by atoms with Crippen molar-refractivity contribution in [3.63, 3.8) is 0 Å². The smallest absolute Gasteiger partial charge is 0.252 e. The van der Waals surface area contributed by atoms with Crippen molar-refractivity contribution < 1.29 is 4.74 Å². The van der Waals surface area contributed by atoms with Crippen molar-refractivity contribution in [1.29, 1.82) is 0 Å². The monoisotopic (exact) mass is 1400 g/mol. The standard InChI is InChI=1S/C98H104B3N5O/c1-91(2,3)57-42-58(92(4,5)6)47-65(46-57)102-75-36-27-26-33-70(75)100-73-54-74-80(55-79(73)104(78-39-31-38-77(102)85(78)100)67-50-61(95(13,14)15)44-62(51-67)96(16,17)18)105(68-52-63(97(19,20)21)45-64(53-68)98(22,23)24)82-56-81-86-90-87(82)101(74)72-35-30-41-84-89(72)106(90)88-71(34-29-40-83(88)107-84)99(86)69-32-25-28-37-76(69)103(81)66-48-59(93(7,8)9)43-60(49-66)94(10,11)12/h25-56H,1-24H3. The summed E-state index contributed by atoms with van der Waals surface area (Å²) in [5.74, 6) is 1.78. The van der Waals surface area contributed by atoms with E-state index in [4.69, 9.17) is 4.74 Å². The third kappa shape index (κ3) is 10.5. The fraction of sp³-hybridized carbons (Fsp3) is 0.327. The van der Waals surface area contributed by atoms with E-state index in [0.29, 0.717) is 0 Å². The van der Waals surface area contributed by atoms with Crippen molar-refractivity contribution in [2.45, 2.75) is 209 Å². The van der Waals surface area contributed by atoms with Gasteiger partial charge in [-0.1, -0.05) is 263 Å². The van der Waals surface area contributed by atoms with Gasteiger partial charge in [0.1, 0.15) is 0 Å². The van der Waals surface area contributed by atoms with Crippen molar-refractivity contribution in [2.75, 3.05) is 24.5 Å². The maximum Gasteiger partial charge on any atom is 0.252 e. The number of fused-ring (bicyclic) bond motifs is 10. The van der Waals surface area contributed by atoms with Crippen LogP contribution in [0.2, 0.25) is 0 Å². The minimum absolute atomic E-state index is 0.0980. The van der Waals surface area contributed by atoms with Crippen LogP contribution in [0.3, 0.4) is 0 Å². The Labute approximate surface area is 639 Å². The van der Waals surface area contributed by atoms with Crippen molar-refractivity contribution >= 4 is 155 Å². The van der Waals surface area contributed by atoms with Crippen LogP contribution in [-0.4, -0.2) is 20.1 Å². The number of ether oxygens (including phenoxy) is 1. The zero-order valence-electron chi connectivity index (χ0n) is 67.9. The molecule has 0 atom stereocenters. The van der Waals surface area contributed by atoms with E-state index < -0.39 is 0 Å². The Balaban J connectivity index is 1.01. The molecular formula is C98H104B3N5O. The minimum atomic E-state index is -0.229. The summed E-state index contributed by atoms with van der Waals surface area (Å²) >= 11 is 0. The predicted octanol–water partition coefficient (Wildman–Crippen LogP) is 21.0. The SMILES string of the molecule is CC(C)(C)c1cc(N2c3ccccc3B3c4cc5c(cc4N(c4cc(C(C)(C)C)cc(C(C)(C)C)c4)c4cccc2c43)N(c2cc(C(C)(C)C)cc(C(C)(C)C)c2)c2cc3c4c6c2B5c2cccc5c2N6c2c(cccc2B4c2ccccc2N3c2cc(C(C)(C)C)cc(C(C)(C)C)c2)O5)cc(C(C)(C)C)c1. The third-order valence-electron chi connectivity index (χ3n) is 24.7. The molecule has 11 aromatic carbocycles. The minimum Gasteiger partial charge on any atom is -0.453 e. The van der Waals surface area contributed by atoms with Gasteiger partial charge in [0.15, 0.2) is 11.5 Å². The van der Waals surface area contributed by atoms with E-state index >= 15 is 0 Å². The molecule has 107 heavy (non-hydrogen) atoms. The van der Waals surface area contributed by atoms with Crippen molar-refractivity contribution in [3.05, 3.63) is 239 Å². The van der Waals surface area contributed by atoms with Crippen LogP contribution < -0.4 is 78.4 Å². The number of nitrogens with zero attached hydrogens (tertiary/aromatic N) is 5. The highest BCUT2D eigenvalue weighted by Gasteiger charge is 2.56. The lowest BCUT2D eigenvalue weighted by molar-refractivity contribution is 0.478. The maximum absolute atomic E-state index is 7.45. The summed E-state index contributed by atoms with van der Waals surface area (Å²) in [7, 11) is 0. The molecule has 7 heterocycles. The van der Waals surface area contributed by atoms with Crippen LogP contribution >= 0.6 is 0 Å². The summed E-state index contributed by atoms with van der Waals surface area (Å²) in [5, 5.41) is 0. The van der Waals surface area contributed by atoms with Gasteiger partial charge in [-0.15, -0.1) is 0 Å². The molecule has 0 radical (unpaired) electrons. The molecule has 0 aliphatic carbocycles. The number of benzene rings is 11. The van der Waals surface area contributed by atoms with Gasteiger partial charge in [0.05, 0.1) is 11.4 Å². The van der Waals surface area contributed by atoms with Gasteiger partial charge < -0.3 is 29.2 Å². The molecule has 0 saturated heterocycles. The van der Waals surface area contributed by atoms with Gasteiger partial charge in [-0.3, -0.25) is 0 Å². The first-order valence-electron chi connectivity index (χ1n) is 39.4. The average molecular weight is 1400 g/mol. The van der Waals surface area contributed by atoms with E-state index in [1.807, 2.05) is 0 Å². The normalized spacial score (nSPS) is 15.2. The summed E-state index contributed by atoms with van der Waals surface area (Å²) < 4.78 is 7.45. The Morgan fingerprint density at radius 3 is 0.813 bits per heavy atom. The van der Waals surface area contributed by atoms with Crippen molar-refractivity contribution in [2.24, 2.45) is 0 Å². The fourth-order valence-electron chi connectivity index (χ4n) is 18.5. The highest BCUT2D eigenvalue weighted by Crippen LogP contribution is 2.58. The number of rotatable bonds is 4. The second kappa shape index (κ2) is 22.5. The van der Waals surface area contributed by atoms with Gasteiger partial charge in [0, 0.05) is 73.9 Å². The fourth-order valence-corrected chi connectivity index (χ4v) is 18.5. The lowest BCUT2D eigenvalue weighted by Gasteiger charge is -2.53. The summed E-state index contributed by atoms with van der Waals surface area (Å²) in [6.07, 6.45) is 0. The molecule has 0 bridgehead atoms. The van der Waals surface area contributed by atoms with E-state index in [1.54, 1.807) is 0 Å². The first-order chi connectivity index (χ1) is 50.1. The summed E-state index contributed by atoms with van der Waals surface area (Å²) in [6.45, 7) is 56.6. The van der Waals surface area contributed by atoms with E-state index in [-0.39, 0.29) is 63.5 Å². The lowest BCUT2D eigenvalue weighted by Crippen LogP contribution is -2.69. The molecule has 11 aromatic rings. The van der Waals surface area contributed by atoms with Crippen LogP contribution in [0.1, 0.15) is 211 Å². The first kappa shape index (κ1) is 69.2. The van der Waals surface area contributed by atoms with Crippen molar-refractivity contribution in [3.8, 4) is 11.5 Å². The number of hydrogen-bond donors (Lipinski definition) is 0. The topological polar surface area (TPSA) is 25.4 Å². The third-order valence-corrected chi connectivity index (χ3v) is 24.7. The maximum atomic E-state index is 7.45. The van der Waals surface area contributed by atoms with Crippen LogP contribution in [0.5, 0.6) is 11.5 Å². The number of anilines is 15. The molecule has 18 rings (SSSR count). The second-order valence-electron chi connectivity index (χ2n) is 40.4. The quantitative estimate of drug-likeness (QED) is 0.163. The molecule has 0 unspecified atom stereocenters. The van der Waals surface area contributed by atoms with E-state index in [0.717, 1.165) is 28.6 Å². The Hall–Kier alpha value is -9.59. The molecule has 0 aromatic heterocycles. The van der Waals surface area contributed by atoms with Crippen LogP contribution in [0.4, 0.5) is 85.3 Å². The van der Waals surface area contributed by atoms with Crippen LogP contribution in [0.15, 0.2) is 194 Å². The molecule has 6 nitrogen and oxygen atoms in total. The molecular weight excluding hydrogens is 1300 g/mol. The predicted molar refractivity (Wildman–Crippen MR) is 463 cm³/mol. The average Bonchev–Trinajstić information content (AvgIpc) is 0.659.